The number of nitrogens with zero attached hydrogens (tertiary/aromatic N) is 6. The maximum atomic E-state index is 12.8. The van der Waals surface area contributed by atoms with Gasteiger partial charge in [0.2, 0.25) is 0 Å². The fraction of sp³-hybridized carbons (Fsp3) is 0.0541. The van der Waals surface area contributed by atoms with E-state index in [-0.39, 0.29) is 12.8 Å². The number of nitriles is 1. The van der Waals surface area contributed by atoms with Crippen molar-refractivity contribution in [1.29, 1.82) is 5.26 Å². The molecule has 7 rings (SSSR count). The number of hydroxylamine groups is 1. The van der Waals surface area contributed by atoms with Crippen molar-refractivity contribution in [2.24, 2.45) is 0 Å². The highest BCUT2D eigenvalue weighted by Gasteiger charge is 2.19. The number of carbonyl (C=O) groups excluding carboxylic acids is 1. The summed E-state index contributed by atoms with van der Waals surface area (Å²) >= 11 is 0. The number of pyridine rings is 2. The van der Waals surface area contributed by atoms with E-state index in [1.807, 2.05) is 99.8 Å². The van der Waals surface area contributed by atoms with Gasteiger partial charge in [0.15, 0.2) is 0 Å². The lowest BCUT2D eigenvalue weighted by atomic mass is 10.0. The molecule has 47 heavy (non-hydrogen) atoms. The first kappa shape index (κ1) is 30.5. The molecule has 0 saturated heterocycles. The largest absolute Gasteiger partial charge is 0.481 e. The molecule has 0 atom stereocenters. The van der Waals surface area contributed by atoms with Gasteiger partial charge in [-0.05, 0) is 47.5 Å². The molecule has 2 N–H and O–H groups in total. The molecule has 1 amide bonds. The maximum Gasteiger partial charge on any atom is 0.309 e. The van der Waals surface area contributed by atoms with Crippen molar-refractivity contribution in [1.82, 2.24) is 18.8 Å². The van der Waals surface area contributed by atoms with Gasteiger partial charge in [0.25, 0.3) is 5.91 Å². The van der Waals surface area contributed by atoms with E-state index in [1.165, 1.54) is 12.1 Å². The first-order valence-corrected chi connectivity index (χ1v) is 14.7. The minimum absolute atomic E-state index is 0.0194. The number of amides is 1. The van der Waals surface area contributed by atoms with E-state index >= 15 is 0 Å². The molecule has 0 radical (unpaired) electrons. The Morgan fingerprint density at radius 3 is 1.64 bits per heavy atom. The van der Waals surface area contributed by atoms with Crippen LogP contribution in [0.3, 0.4) is 0 Å². The predicted octanol–water partition coefficient (Wildman–Crippen LogP) is 6.47. The van der Waals surface area contributed by atoms with E-state index in [0.717, 1.165) is 44.7 Å². The number of hydrogen-bond acceptors (Lipinski definition) is 6. The van der Waals surface area contributed by atoms with Crippen LogP contribution in [0.15, 0.2) is 134 Å². The summed E-state index contributed by atoms with van der Waals surface area (Å²) in [6, 6.07) is 35.5. The number of rotatable bonds is 7. The standard InChI is InChI=1S/C22H16N4O2.C15H12N2O2/c23-13-16-6-8-18(9-7-16)26(28)22(27)12-21-20(17-4-2-1-3-5-17)11-10-19-14-24-15-25(19)21;18-15(19)8-14-13(11-4-2-1-3-5-11)7-6-12-9-16-10-17(12)14/h1-11,14-15,28H,12H2;1-7,9-10H,8H2,(H,18,19). The van der Waals surface area contributed by atoms with Crippen LogP contribution in [-0.2, 0) is 22.4 Å². The zero-order chi connectivity index (χ0) is 32.8. The number of fused-ring (bicyclic) bond motifs is 2. The van der Waals surface area contributed by atoms with Gasteiger partial charge in [-0.15, -0.1) is 0 Å². The van der Waals surface area contributed by atoms with Gasteiger partial charge in [0.05, 0.1) is 66.2 Å². The van der Waals surface area contributed by atoms with Crippen LogP contribution in [0.25, 0.3) is 33.3 Å². The molecule has 0 spiro atoms. The third-order valence-electron chi connectivity index (χ3n) is 7.66. The molecule has 4 aromatic heterocycles. The number of anilines is 1. The van der Waals surface area contributed by atoms with E-state index in [2.05, 4.69) is 9.97 Å². The van der Waals surface area contributed by atoms with E-state index in [9.17, 15) is 14.8 Å². The third kappa shape index (κ3) is 6.61. The SMILES string of the molecule is N#Cc1ccc(N(O)C(=O)Cc2c(-c3ccccc3)ccc3cncn23)cc1.O=C(O)Cc1c(-c2ccccc2)ccc2cncn12. The fourth-order valence-electron chi connectivity index (χ4n) is 5.40. The van der Waals surface area contributed by atoms with Crippen molar-refractivity contribution < 1.29 is 19.9 Å². The van der Waals surface area contributed by atoms with E-state index in [1.54, 1.807) is 37.2 Å². The summed E-state index contributed by atoms with van der Waals surface area (Å²) in [6.07, 6.45) is 6.71. The second-order valence-electron chi connectivity index (χ2n) is 10.6. The van der Waals surface area contributed by atoms with Crippen LogP contribution in [0.4, 0.5) is 5.69 Å². The van der Waals surface area contributed by atoms with Gasteiger partial charge in [-0.3, -0.25) is 14.8 Å². The molecule has 10 heteroatoms. The lowest BCUT2D eigenvalue weighted by molar-refractivity contribution is -0.136. The first-order valence-electron chi connectivity index (χ1n) is 14.7. The molecule has 10 nitrogen and oxygen atoms in total. The predicted molar refractivity (Wildman–Crippen MR) is 177 cm³/mol. The zero-order valence-corrected chi connectivity index (χ0v) is 25.0. The minimum Gasteiger partial charge on any atom is -0.481 e. The van der Waals surface area contributed by atoms with Crippen molar-refractivity contribution in [3.8, 4) is 28.3 Å². The summed E-state index contributed by atoms with van der Waals surface area (Å²) in [6.45, 7) is 0. The van der Waals surface area contributed by atoms with Gasteiger partial charge in [0, 0.05) is 22.5 Å². The number of imidazole rings is 2. The van der Waals surface area contributed by atoms with Crippen LogP contribution in [0.1, 0.15) is 17.0 Å². The zero-order valence-electron chi connectivity index (χ0n) is 25.0. The number of carboxylic acid groups (broad SMARTS) is 1. The Balaban J connectivity index is 0.000000177. The van der Waals surface area contributed by atoms with Gasteiger partial charge < -0.3 is 13.9 Å². The molecule has 230 valence electrons. The molecule has 4 heterocycles. The Morgan fingerprint density at radius 2 is 1.17 bits per heavy atom. The van der Waals surface area contributed by atoms with E-state index < -0.39 is 11.9 Å². The normalized spacial score (nSPS) is 10.6. The number of aliphatic carboxylic acids is 1. The van der Waals surface area contributed by atoms with E-state index in [0.29, 0.717) is 16.3 Å². The van der Waals surface area contributed by atoms with E-state index in [4.69, 9.17) is 10.4 Å². The molecule has 0 fully saturated rings. The van der Waals surface area contributed by atoms with Crippen molar-refractivity contribution >= 4 is 28.6 Å². The van der Waals surface area contributed by atoms with Crippen molar-refractivity contribution in [2.75, 3.05) is 5.06 Å². The Hall–Kier alpha value is -6.57. The summed E-state index contributed by atoms with van der Waals surface area (Å²) in [5, 5.41) is 29.0. The molecule has 7 aromatic rings. The Morgan fingerprint density at radius 1 is 0.681 bits per heavy atom. The fourth-order valence-corrected chi connectivity index (χ4v) is 5.40. The molecule has 3 aromatic carbocycles. The van der Waals surface area contributed by atoms with Crippen molar-refractivity contribution in [2.45, 2.75) is 12.8 Å². The van der Waals surface area contributed by atoms with Crippen LogP contribution < -0.4 is 5.06 Å². The Bertz CT molecular complexity index is 2220. The van der Waals surface area contributed by atoms with Crippen LogP contribution in [0.2, 0.25) is 0 Å². The number of hydrogen-bond donors (Lipinski definition) is 2. The van der Waals surface area contributed by atoms with Gasteiger partial charge in [-0.25, -0.2) is 9.97 Å². The summed E-state index contributed by atoms with van der Waals surface area (Å²) in [4.78, 5) is 32.1. The van der Waals surface area contributed by atoms with Crippen LogP contribution in [0.5, 0.6) is 0 Å². The second-order valence-corrected chi connectivity index (χ2v) is 10.6. The Labute approximate surface area is 269 Å². The number of benzene rings is 3. The number of carbonyl (C=O) groups is 2. The molecular formula is C37H28N6O4. The van der Waals surface area contributed by atoms with Crippen LogP contribution >= 0.6 is 0 Å². The molecular weight excluding hydrogens is 592 g/mol. The summed E-state index contributed by atoms with van der Waals surface area (Å²) in [5.74, 6) is -1.33. The van der Waals surface area contributed by atoms with Gasteiger partial charge in [0.1, 0.15) is 0 Å². The lowest BCUT2D eigenvalue weighted by Gasteiger charge is -2.17. The monoisotopic (exact) mass is 620 g/mol. The first-order chi connectivity index (χ1) is 22.9. The number of carboxylic acids is 1. The molecule has 0 saturated carbocycles. The average Bonchev–Trinajstić information content (AvgIpc) is 3.80. The summed E-state index contributed by atoms with van der Waals surface area (Å²) in [7, 11) is 0. The van der Waals surface area contributed by atoms with Gasteiger partial charge in [-0.2, -0.15) is 10.3 Å². The highest BCUT2D eigenvalue weighted by Crippen LogP contribution is 2.27. The van der Waals surface area contributed by atoms with Crippen LogP contribution in [0, 0.1) is 11.3 Å². The molecule has 0 aliphatic rings. The van der Waals surface area contributed by atoms with Crippen molar-refractivity contribution in [3.63, 3.8) is 0 Å². The van der Waals surface area contributed by atoms with Crippen LogP contribution in [-0.4, -0.2) is 41.0 Å². The van der Waals surface area contributed by atoms with Crippen molar-refractivity contribution in [3.05, 3.63) is 151 Å². The lowest BCUT2D eigenvalue weighted by Crippen LogP contribution is -2.29. The average molecular weight is 621 g/mol. The molecule has 0 bridgehead atoms. The third-order valence-corrected chi connectivity index (χ3v) is 7.66. The minimum atomic E-state index is -0.849. The van der Waals surface area contributed by atoms with Gasteiger partial charge >= 0.3 is 5.97 Å². The maximum absolute atomic E-state index is 12.8. The topological polar surface area (TPSA) is 136 Å². The number of aromatic nitrogens is 4. The molecule has 0 unspecified atom stereocenters. The quantitative estimate of drug-likeness (QED) is 0.154. The smallest absolute Gasteiger partial charge is 0.309 e. The molecule has 0 aliphatic heterocycles. The van der Waals surface area contributed by atoms with Gasteiger partial charge in [-0.1, -0.05) is 72.8 Å². The summed E-state index contributed by atoms with van der Waals surface area (Å²) in [5.41, 5.74) is 7.82. The second kappa shape index (κ2) is 13.6. The highest BCUT2D eigenvalue weighted by atomic mass is 16.5. The molecule has 0 aliphatic carbocycles. The summed E-state index contributed by atoms with van der Waals surface area (Å²) < 4.78 is 3.68. The highest BCUT2D eigenvalue weighted by molar-refractivity contribution is 5.93. The Kier molecular flexibility index (Phi) is 8.81.